The number of H-pyrrole nitrogens is 1. The quantitative estimate of drug-likeness (QED) is 0.602. The van der Waals surface area contributed by atoms with Crippen LogP contribution in [0.15, 0.2) is 53.4 Å². The molecule has 0 spiro atoms. The third-order valence-electron chi connectivity index (χ3n) is 4.63. The van der Waals surface area contributed by atoms with Crippen LogP contribution >= 0.6 is 0 Å². The molecule has 0 unspecified atom stereocenters. The largest absolute Gasteiger partial charge is 0.495 e. The minimum Gasteiger partial charge on any atom is -0.495 e. The van der Waals surface area contributed by atoms with Crippen molar-refractivity contribution in [1.29, 1.82) is 0 Å². The van der Waals surface area contributed by atoms with Crippen molar-refractivity contribution >= 4 is 21.6 Å². The number of nitrogens with one attached hydrogen (secondary N) is 2. The number of amides is 1. The van der Waals surface area contributed by atoms with E-state index in [9.17, 15) is 13.2 Å². The number of carbonyl (C=O) groups excluding carboxylic acids is 1. The minimum atomic E-state index is -3.72. The van der Waals surface area contributed by atoms with Gasteiger partial charge in [0.25, 0.3) is 5.91 Å². The van der Waals surface area contributed by atoms with Gasteiger partial charge in [0, 0.05) is 25.3 Å². The monoisotopic (exact) mass is 428 g/mol. The maximum atomic E-state index is 12.6. The SMILES string of the molecule is CCc1cccc(NC(=O)c2cc(-c3ccc(OC)c(S(=O)(=O)N(C)C)c3)n[nH]2)c1. The molecule has 9 heteroatoms. The van der Waals surface area contributed by atoms with Crippen LogP contribution in [-0.4, -0.2) is 50.0 Å². The average Bonchev–Trinajstić information content (AvgIpc) is 3.23. The van der Waals surface area contributed by atoms with Gasteiger partial charge in [-0.05, 0) is 48.4 Å². The number of sulfonamides is 1. The highest BCUT2D eigenvalue weighted by molar-refractivity contribution is 7.89. The van der Waals surface area contributed by atoms with Crippen molar-refractivity contribution in [3.8, 4) is 17.0 Å². The second-order valence-corrected chi connectivity index (χ2v) is 8.95. The van der Waals surface area contributed by atoms with Crippen LogP contribution in [0.1, 0.15) is 23.0 Å². The molecule has 0 saturated carbocycles. The summed E-state index contributed by atoms with van der Waals surface area (Å²) in [6.45, 7) is 2.04. The molecule has 158 valence electrons. The molecule has 1 heterocycles. The second-order valence-electron chi connectivity index (χ2n) is 6.83. The fourth-order valence-electron chi connectivity index (χ4n) is 2.89. The predicted molar refractivity (Wildman–Crippen MR) is 115 cm³/mol. The number of aromatic amines is 1. The first-order chi connectivity index (χ1) is 14.3. The van der Waals surface area contributed by atoms with Gasteiger partial charge in [0.15, 0.2) is 0 Å². The molecule has 2 N–H and O–H groups in total. The molecule has 30 heavy (non-hydrogen) atoms. The third kappa shape index (κ3) is 4.37. The number of aromatic nitrogens is 2. The van der Waals surface area contributed by atoms with Crippen LogP contribution < -0.4 is 10.1 Å². The Bertz CT molecular complexity index is 1170. The topological polar surface area (TPSA) is 104 Å². The van der Waals surface area contributed by atoms with Gasteiger partial charge in [0.05, 0.1) is 12.8 Å². The van der Waals surface area contributed by atoms with Crippen LogP contribution in [0.4, 0.5) is 5.69 Å². The van der Waals surface area contributed by atoms with Gasteiger partial charge in [-0.15, -0.1) is 0 Å². The van der Waals surface area contributed by atoms with Crippen LogP contribution in [0.2, 0.25) is 0 Å². The van der Waals surface area contributed by atoms with Crippen LogP contribution in [0.3, 0.4) is 0 Å². The molecule has 0 fully saturated rings. The molecule has 0 aliphatic carbocycles. The van der Waals surface area contributed by atoms with Gasteiger partial charge in [-0.1, -0.05) is 19.1 Å². The van der Waals surface area contributed by atoms with E-state index in [2.05, 4.69) is 15.5 Å². The number of hydrogen-bond acceptors (Lipinski definition) is 5. The van der Waals surface area contributed by atoms with E-state index in [1.54, 1.807) is 18.2 Å². The van der Waals surface area contributed by atoms with Crippen LogP contribution in [0.25, 0.3) is 11.3 Å². The minimum absolute atomic E-state index is 0.0258. The summed E-state index contributed by atoms with van der Waals surface area (Å²) in [4.78, 5) is 12.6. The highest BCUT2D eigenvalue weighted by atomic mass is 32.2. The molecule has 0 bridgehead atoms. The molecule has 3 rings (SSSR count). The summed E-state index contributed by atoms with van der Waals surface area (Å²) in [6, 6.07) is 13.9. The second kappa shape index (κ2) is 8.68. The van der Waals surface area contributed by atoms with Gasteiger partial charge < -0.3 is 10.1 Å². The fraction of sp³-hybridized carbons (Fsp3) is 0.238. The summed E-state index contributed by atoms with van der Waals surface area (Å²) >= 11 is 0. The predicted octanol–water partition coefficient (Wildman–Crippen LogP) is 3.15. The lowest BCUT2D eigenvalue weighted by molar-refractivity contribution is 0.102. The van der Waals surface area contributed by atoms with Gasteiger partial charge in [-0.3, -0.25) is 9.89 Å². The lowest BCUT2D eigenvalue weighted by atomic mass is 10.1. The number of ether oxygens (including phenoxy) is 1. The number of benzene rings is 2. The van der Waals surface area contributed by atoms with E-state index in [4.69, 9.17) is 4.74 Å². The number of nitrogens with zero attached hydrogens (tertiary/aromatic N) is 2. The third-order valence-corrected chi connectivity index (χ3v) is 6.47. The van der Waals surface area contributed by atoms with E-state index in [1.165, 1.54) is 27.3 Å². The Hall–Kier alpha value is -3.17. The Labute approximate surface area is 175 Å². The fourth-order valence-corrected chi connectivity index (χ4v) is 3.96. The lowest BCUT2D eigenvalue weighted by Crippen LogP contribution is -2.22. The maximum Gasteiger partial charge on any atom is 0.273 e. The zero-order valence-corrected chi connectivity index (χ0v) is 18.1. The van der Waals surface area contributed by atoms with Gasteiger partial charge in [0.2, 0.25) is 10.0 Å². The lowest BCUT2D eigenvalue weighted by Gasteiger charge is -2.15. The van der Waals surface area contributed by atoms with Crippen LogP contribution in [0.5, 0.6) is 5.75 Å². The molecule has 0 atom stereocenters. The van der Waals surface area contributed by atoms with E-state index in [-0.39, 0.29) is 22.2 Å². The standard InChI is InChI=1S/C21H24N4O4S/c1-5-14-7-6-8-16(11-14)22-21(26)18-13-17(23-24-18)15-9-10-19(29-4)20(12-15)30(27,28)25(2)3/h6-13H,5H2,1-4H3,(H,22,26)(H,23,24). The number of aryl methyl sites for hydroxylation is 1. The maximum absolute atomic E-state index is 12.6. The Balaban J connectivity index is 1.89. The molecule has 3 aromatic rings. The van der Waals surface area contributed by atoms with Crippen molar-refractivity contribution in [3.63, 3.8) is 0 Å². The molecule has 0 aliphatic heterocycles. The Morgan fingerprint density at radius 1 is 1.17 bits per heavy atom. The first-order valence-electron chi connectivity index (χ1n) is 9.33. The number of hydrogen-bond donors (Lipinski definition) is 2. The molecule has 0 radical (unpaired) electrons. The van der Waals surface area contributed by atoms with Gasteiger partial charge in [-0.25, -0.2) is 12.7 Å². The summed E-state index contributed by atoms with van der Waals surface area (Å²) in [5.41, 5.74) is 3.06. The molecule has 1 aromatic heterocycles. The number of rotatable bonds is 7. The van der Waals surface area contributed by atoms with E-state index < -0.39 is 10.0 Å². The summed E-state index contributed by atoms with van der Waals surface area (Å²) in [5.74, 6) is -0.103. The van der Waals surface area contributed by atoms with Crippen LogP contribution in [0, 0.1) is 0 Å². The van der Waals surface area contributed by atoms with Gasteiger partial charge >= 0.3 is 0 Å². The Kier molecular flexibility index (Phi) is 6.23. The van der Waals surface area contributed by atoms with Crippen molar-refractivity contribution in [3.05, 3.63) is 59.8 Å². The summed E-state index contributed by atoms with van der Waals surface area (Å²) in [6.07, 6.45) is 0.869. The number of anilines is 1. The number of methoxy groups -OCH3 is 1. The van der Waals surface area contributed by atoms with E-state index >= 15 is 0 Å². The molecular weight excluding hydrogens is 404 g/mol. The molecule has 0 saturated heterocycles. The van der Waals surface area contributed by atoms with E-state index in [0.717, 1.165) is 16.3 Å². The first kappa shape index (κ1) is 21.5. The molecule has 8 nitrogen and oxygen atoms in total. The zero-order chi connectivity index (χ0) is 21.9. The van der Waals surface area contributed by atoms with Gasteiger partial charge in [0.1, 0.15) is 16.3 Å². The Morgan fingerprint density at radius 3 is 2.60 bits per heavy atom. The molecule has 1 amide bonds. The normalized spacial score (nSPS) is 11.5. The van der Waals surface area contributed by atoms with Crippen molar-refractivity contribution in [1.82, 2.24) is 14.5 Å². The Morgan fingerprint density at radius 2 is 1.93 bits per heavy atom. The highest BCUT2D eigenvalue weighted by Crippen LogP contribution is 2.30. The van der Waals surface area contributed by atoms with Crippen molar-refractivity contribution in [2.75, 3.05) is 26.5 Å². The van der Waals surface area contributed by atoms with Crippen molar-refractivity contribution in [2.45, 2.75) is 18.2 Å². The average molecular weight is 429 g/mol. The van der Waals surface area contributed by atoms with E-state index in [0.29, 0.717) is 16.9 Å². The summed E-state index contributed by atoms with van der Waals surface area (Å²) < 4.78 is 31.6. The molecule has 2 aromatic carbocycles. The first-order valence-corrected chi connectivity index (χ1v) is 10.8. The van der Waals surface area contributed by atoms with Gasteiger partial charge in [-0.2, -0.15) is 5.10 Å². The zero-order valence-electron chi connectivity index (χ0n) is 17.3. The summed E-state index contributed by atoms with van der Waals surface area (Å²) in [7, 11) is 0.596. The van der Waals surface area contributed by atoms with E-state index in [1.807, 2.05) is 31.2 Å². The van der Waals surface area contributed by atoms with Crippen molar-refractivity contribution < 1.29 is 17.9 Å². The van der Waals surface area contributed by atoms with Crippen molar-refractivity contribution in [2.24, 2.45) is 0 Å². The molecular formula is C21H24N4O4S. The number of carbonyl (C=O) groups is 1. The van der Waals surface area contributed by atoms with Crippen LogP contribution in [-0.2, 0) is 16.4 Å². The smallest absolute Gasteiger partial charge is 0.273 e. The summed E-state index contributed by atoms with van der Waals surface area (Å²) in [5, 5.41) is 9.71. The highest BCUT2D eigenvalue weighted by Gasteiger charge is 2.23. The molecule has 0 aliphatic rings.